The van der Waals surface area contributed by atoms with Crippen molar-refractivity contribution >= 4 is 5.57 Å². The number of fused-ring (bicyclic) bond motifs is 1. The van der Waals surface area contributed by atoms with Gasteiger partial charge in [0.15, 0.2) is 11.5 Å². The van der Waals surface area contributed by atoms with E-state index in [2.05, 4.69) is 23.1 Å². The first-order chi connectivity index (χ1) is 14.2. The number of hydrogen-bond donors (Lipinski definition) is 0. The summed E-state index contributed by atoms with van der Waals surface area (Å²) < 4.78 is 16.4. The normalized spacial score (nSPS) is 20.8. The molecule has 150 valence electrons. The monoisotopic (exact) mass is 390 g/mol. The molecule has 2 aliphatic heterocycles. The average molecular weight is 390 g/mol. The van der Waals surface area contributed by atoms with Crippen LogP contribution in [0, 0.1) is 11.3 Å². The fraction of sp³-hybridized carbons (Fsp3) is 0.375. The van der Waals surface area contributed by atoms with Crippen LogP contribution in [-0.4, -0.2) is 38.8 Å². The van der Waals surface area contributed by atoms with Crippen LogP contribution in [0.5, 0.6) is 17.2 Å². The van der Waals surface area contributed by atoms with E-state index in [4.69, 9.17) is 14.2 Å². The average Bonchev–Trinajstić information content (AvgIpc) is 3.25. The van der Waals surface area contributed by atoms with Gasteiger partial charge in [0.2, 0.25) is 0 Å². The third kappa shape index (κ3) is 3.40. The van der Waals surface area contributed by atoms with Gasteiger partial charge in [0.1, 0.15) is 17.5 Å². The van der Waals surface area contributed by atoms with Crippen LogP contribution in [0.1, 0.15) is 36.3 Å². The van der Waals surface area contributed by atoms with Crippen molar-refractivity contribution in [2.75, 3.05) is 27.9 Å². The van der Waals surface area contributed by atoms with Crippen molar-refractivity contribution in [3.63, 3.8) is 0 Å². The Kier molecular flexibility index (Phi) is 5.35. The summed E-state index contributed by atoms with van der Waals surface area (Å²) in [6.07, 6.45) is 3.23. The maximum absolute atomic E-state index is 10.1. The largest absolute Gasteiger partial charge is 0.497 e. The molecule has 0 spiro atoms. The van der Waals surface area contributed by atoms with Gasteiger partial charge in [-0.3, -0.25) is 0 Å². The first-order valence-electron chi connectivity index (χ1n) is 9.97. The molecule has 2 heterocycles. The zero-order chi connectivity index (χ0) is 20.4. The zero-order valence-electron chi connectivity index (χ0n) is 17.1. The highest BCUT2D eigenvalue weighted by Crippen LogP contribution is 2.48. The van der Waals surface area contributed by atoms with Crippen molar-refractivity contribution in [2.24, 2.45) is 0 Å². The molecule has 2 aliphatic rings. The standard InChI is InChI=1S/C24H26N2O3/c1-27-19-8-4-6-17(12-19)24-20(14-18-7-5-11-26(18)21(24)15-25)16-9-10-22(28-2)23(13-16)29-3/h4,6,8-10,12-13,18,20H,5,7,11,14H2,1-3H3. The molecular weight excluding hydrogens is 364 g/mol. The Labute approximate surface area is 172 Å². The van der Waals surface area contributed by atoms with Gasteiger partial charge in [0.25, 0.3) is 0 Å². The maximum atomic E-state index is 10.1. The van der Waals surface area contributed by atoms with Crippen LogP contribution in [0.3, 0.4) is 0 Å². The number of rotatable bonds is 5. The Hall–Kier alpha value is -3.13. The predicted molar refractivity (Wildman–Crippen MR) is 112 cm³/mol. The lowest BCUT2D eigenvalue weighted by Gasteiger charge is -2.38. The molecule has 5 nitrogen and oxygen atoms in total. The van der Waals surface area contributed by atoms with E-state index in [9.17, 15) is 5.26 Å². The van der Waals surface area contributed by atoms with E-state index in [1.54, 1.807) is 21.3 Å². The van der Waals surface area contributed by atoms with Crippen LogP contribution >= 0.6 is 0 Å². The second-order valence-electron chi connectivity index (χ2n) is 7.50. The molecule has 5 heteroatoms. The molecule has 4 rings (SSSR count). The first kappa shape index (κ1) is 19.2. The van der Waals surface area contributed by atoms with Gasteiger partial charge < -0.3 is 19.1 Å². The Balaban J connectivity index is 1.89. The Bertz CT molecular complexity index is 976. The molecule has 2 atom stereocenters. The highest BCUT2D eigenvalue weighted by Gasteiger charge is 2.38. The lowest BCUT2D eigenvalue weighted by atomic mass is 9.78. The quantitative estimate of drug-likeness (QED) is 0.747. The summed E-state index contributed by atoms with van der Waals surface area (Å²) in [4.78, 5) is 2.30. The third-order valence-corrected chi connectivity index (χ3v) is 6.07. The van der Waals surface area contributed by atoms with E-state index in [0.717, 1.165) is 54.0 Å². The molecule has 2 aromatic carbocycles. The lowest BCUT2D eigenvalue weighted by molar-refractivity contribution is 0.293. The third-order valence-electron chi connectivity index (χ3n) is 6.07. The highest BCUT2D eigenvalue weighted by molar-refractivity contribution is 5.78. The molecular formula is C24H26N2O3. The summed E-state index contributed by atoms with van der Waals surface area (Å²) in [6, 6.07) is 17.0. The first-order valence-corrected chi connectivity index (χ1v) is 9.97. The van der Waals surface area contributed by atoms with Crippen LogP contribution in [0.4, 0.5) is 0 Å². The van der Waals surface area contributed by atoms with Gasteiger partial charge >= 0.3 is 0 Å². The number of methoxy groups -OCH3 is 3. The molecule has 2 aromatic rings. The number of benzene rings is 2. The molecule has 1 fully saturated rings. The number of nitrogens with zero attached hydrogens (tertiary/aromatic N) is 2. The molecule has 2 unspecified atom stereocenters. The summed E-state index contributed by atoms with van der Waals surface area (Å²) >= 11 is 0. The van der Waals surface area contributed by atoms with E-state index >= 15 is 0 Å². The topological polar surface area (TPSA) is 54.7 Å². The second-order valence-corrected chi connectivity index (χ2v) is 7.50. The number of allylic oxidation sites excluding steroid dienone is 2. The van der Waals surface area contributed by atoms with Crippen LogP contribution in [-0.2, 0) is 0 Å². The van der Waals surface area contributed by atoms with Crippen molar-refractivity contribution < 1.29 is 14.2 Å². The van der Waals surface area contributed by atoms with Gasteiger partial charge in [-0.15, -0.1) is 0 Å². The second kappa shape index (κ2) is 8.08. The van der Waals surface area contributed by atoms with Crippen LogP contribution in [0.15, 0.2) is 48.2 Å². The maximum Gasteiger partial charge on any atom is 0.161 e. The minimum Gasteiger partial charge on any atom is -0.497 e. The van der Waals surface area contributed by atoms with Gasteiger partial charge in [0.05, 0.1) is 21.3 Å². The lowest BCUT2D eigenvalue weighted by Crippen LogP contribution is -2.35. The van der Waals surface area contributed by atoms with Crippen molar-refractivity contribution in [3.05, 3.63) is 59.3 Å². The van der Waals surface area contributed by atoms with E-state index in [1.807, 2.05) is 30.3 Å². The predicted octanol–water partition coefficient (Wildman–Crippen LogP) is 4.60. The van der Waals surface area contributed by atoms with E-state index in [-0.39, 0.29) is 5.92 Å². The zero-order valence-corrected chi connectivity index (χ0v) is 17.1. The highest BCUT2D eigenvalue weighted by atomic mass is 16.5. The van der Waals surface area contributed by atoms with Gasteiger partial charge in [-0.2, -0.15) is 5.26 Å². The smallest absolute Gasteiger partial charge is 0.161 e. The van der Waals surface area contributed by atoms with Crippen LogP contribution < -0.4 is 14.2 Å². The minimum atomic E-state index is 0.107. The van der Waals surface area contributed by atoms with Crippen molar-refractivity contribution in [2.45, 2.75) is 31.2 Å². The van der Waals surface area contributed by atoms with Gasteiger partial charge in [0, 0.05) is 24.1 Å². The minimum absolute atomic E-state index is 0.107. The molecule has 0 aromatic heterocycles. The molecule has 0 saturated carbocycles. The molecule has 0 N–H and O–H groups in total. The Morgan fingerprint density at radius 1 is 1.00 bits per heavy atom. The van der Waals surface area contributed by atoms with Crippen molar-refractivity contribution in [1.29, 1.82) is 5.26 Å². The molecule has 0 radical (unpaired) electrons. The number of hydrogen-bond acceptors (Lipinski definition) is 5. The van der Waals surface area contributed by atoms with Gasteiger partial charge in [-0.05, 0) is 54.7 Å². The molecule has 0 aliphatic carbocycles. The fourth-order valence-corrected chi connectivity index (χ4v) is 4.71. The summed E-state index contributed by atoms with van der Waals surface area (Å²) in [6.45, 7) is 0.944. The van der Waals surface area contributed by atoms with Gasteiger partial charge in [-0.1, -0.05) is 18.2 Å². The molecule has 29 heavy (non-hydrogen) atoms. The summed E-state index contributed by atoms with van der Waals surface area (Å²) in [5.74, 6) is 2.32. The molecule has 0 bridgehead atoms. The Morgan fingerprint density at radius 2 is 1.83 bits per heavy atom. The summed E-state index contributed by atoms with van der Waals surface area (Å²) in [7, 11) is 4.96. The van der Waals surface area contributed by atoms with Gasteiger partial charge in [-0.25, -0.2) is 0 Å². The van der Waals surface area contributed by atoms with E-state index in [1.165, 1.54) is 0 Å². The number of ether oxygens (including phenoxy) is 3. The summed E-state index contributed by atoms with van der Waals surface area (Å²) in [5.41, 5.74) is 4.02. The van der Waals surface area contributed by atoms with Crippen molar-refractivity contribution in [3.8, 4) is 23.3 Å². The van der Waals surface area contributed by atoms with E-state index in [0.29, 0.717) is 17.5 Å². The fourth-order valence-electron chi connectivity index (χ4n) is 4.71. The molecule has 1 saturated heterocycles. The van der Waals surface area contributed by atoms with E-state index < -0.39 is 0 Å². The SMILES string of the molecule is COc1cccc(C2=C(C#N)N3CCCC3CC2c2ccc(OC)c(OC)c2)c1. The summed E-state index contributed by atoms with van der Waals surface area (Å²) in [5, 5.41) is 10.1. The number of nitriles is 1. The van der Waals surface area contributed by atoms with Crippen molar-refractivity contribution in [1.82, 2.24) is 4.90 Å². The Morgan fingerprint density at radius 3 is 2.55 bits per heavy atom. The molecule has 0 amide bonds. The van der Waals surface area contributed by atoms with Crippen LogP contribution in [0.2, 0.25) is 0 Å². The van der Waals surface area contributed by atoms with Crippen LogP contribution in [0.25, 0.3) is 5.57 Å².